The molecule has 0 aromatic heterocycles. The van der Waals surface area contributed by atoms with Gasteiger partial charge in [0.2, 0.25) is 10.0 Å². The first-order chi connectivity index (χ1) is 12.2. The van der Waals surface area contributed by atoms with Gasteiger partial charge in [0.15, 0.2) is 0 Å². The van der Waals surface area contributed by atoms with Crippen LogP contribution in [0.1, 0.15) is 32.8 Å². The van der Waals surface area contributed by atoms with Crippen LogP contribution in [0.15, 0.2) is 40.8 Å². The van der Waals surface area contributed by atoms with Crippen molar-refractivity contribution >= 4 is 10.0 Å². The van der Waals surface area contributed by atoms with Gasteiger partial charge in [0.1, 0.15) is 0 Å². The quantitative estimate of drug-likeness (QED) is 0.759. The molecule has 1 aromatic carbocycles. The SMILES string of the molecule is CN1CCC=C(C2CN(S(=O)(=O)c3ccc(C(C)(C)C)cc3)CCO2)C1. The number of ether oxygens (including phenoxy) is 1. The molecule has 6 heteroatoms. The minimum atomic E-state index is -3.50. The summed E-state index contributed by atoms with van der Waals surface area (Å²) in [6, 6.07) is 7.30. The Labute approximate surface area is 157 Å². The van der Waals surface area contributed by atoms with E-state index in [0.29, 0.717) is 24.6 Å². The molecule has 1 fully saturated rings. The molecule has 0 spiro atoms. The summed E-state index contributed by atoms with van der Waals surface area (Å²) in [5, 5.41) is 0. The summed E-state index contributed by atoms with van der Waals surface area (Å²) < 4.78 is 33.6. The molecule has 1 saturated heterocycles. The lowest BCUT2D eigenvalue weighted by Gasteiger charge is -2.36. The van der Waals surface area contributed by atoms with Crippen molar-refractivity contribution in [3.63, 3.8) is 0 Å². The van der Waals surface area contributed by atoms with Crippen molar-refractivity contribution in [2.24, 2.45) is 0 Å². The molecule has 1 unspecified atom stereocenters. The molecule has 3 rings (SSSR count). The van der Waals surface area contributed by atoms with Gasteiger partial charge in [-0.2, -0.15) is 4.31 Å². The van der Waals surface area contributed by atoms with Crippen LogP contribution in [0.4, 0.5) is 0 Å². The van der Waals surface area contributed by atoms with E-state index in [0.717, 1.165) is 25.1 Å². The highest BCUT2D eigenvalue weighted by Gasteiger charge is 2.33. The normalized spacial score (nSPS) is 23.7. The maximum atomic E-state index is 13.1. The Bertz CT molecular complexity index is 763. The van der Waals surface area contributed by atoms with Crippen molar-refractivity contribution in [3.8, 4) is 0 Å². The third kappa shape index (κ3) is 4.19. The smallest absolute Gasteiger partial charge is 0.243 e. The third-order valence-corrected chi connectivity index (χ3v) is 7.05. The molecule has 2 aliphatic rings. The van der Waals surface area contributed by atoms with Crippen LogP contribution in [0, 0.1) is 0 Å². The van der Waals surface area contributed by atoms with Gasteiger partial charge in [0.25, 0.3) is 0 Å². The van der Waals surface area contributed by atoms with Crippen molar-refractivity contribution in [1.82, 2.24) is 9.21 Å². The zero-order valence-electron chi connectivity index (χ0n) is 16.2. The summed E-state index contributed by atoms with van der Waals surface area (Å²) in [5.41, 5.74) is 2.33. The molecular formula is C20H30N2O3S. The Kier molecular flexibility index (Phi) is 5.58. The Hall–Kier alpha value is -1.21. The van der Waals surface area contributed by atoms with E-state index in [9.17, 15) is 8.42 Å². The zero-order valence-corrected chi connectivity index (χ0v) is 17.1. The minimum Gasteiger partial charge on any atom is -0.371 e. The second-order valence-corrected chi connectivity index (χ2v) is 10.2. The highest BCUT2D eigenvalue weighted by atomic mass is 32.2. The minimum absolute atomic E-state index is 0.00579. The predicted molar refractivity (Wildman–Crippen MR) is 104 cm³/mol. The molecular weight excluding hydrogens is 348 g/mol. The summed E-state index contributed by atoms with van der Waals surface area (Å²) in [4.78, 5) is 2.61. The fraction of sp³-hybridized carbons (Fsp3) is 0.600. The van der Waals surface area contributed by atoms with Gasteiger partial charge in [-0.05, 0) is 42.2 Å². The van der Waals surface area contributed by atoms with E-state index in [-0.39, 0.29) is 11.5 Å². The predicted octanol–water partition coefficient (Wildman–Crippen LogP) is 2.64. The van der Waals surface area contributed by atoms with Crippen LogP contribution in [-0.2, 0) is 20.2 Å². The number of rotatable bonds is 3. The van der Waals surface area contributed by atoms with Crippen LogP contribution in [0.2, 0.25) is 0 Å². The molecule has 1 aromatic rings. The van der Waals surface area contributed by atoms with Gasteiger partial charge in [-0.3, -0.25) is 0 Å². The largest absolute Gasteiger partial charge is 0.371 e. The van der Waals surface area contributed by atoms with Gasteiger partial charge >= 0.3 is 0 Å². The molecule has 2 heterocycles. The highest BCUT2D eigenvalue weighted by Crippen LogP contribution is 2.26. The monoisotopic (exact) mass is 378 g/mol. The van der Waals surface area contributed by atoms with E-state index >= 15 is 0 Å². The number of sulfonamides is 1. The van der Waals surface area contributed by atoms with Crippen LogP contribution in [0.3, 0.4) is 0 Å². The van der Waals surface area contributed by atoms with Crippen molar-refractivity contribution in [2.75, 3.05) is 39.8 Å². The van der Waals surface area contributed by atoms with Crippen LogP contribution >= 0.6 is 0 Å². The molecule has 144 valence electrons. The molecule has 0 radical (unpaired) electrons. The molecule has 0 N–H and O–H groups in total. The summed E-state index contributed by atoms with van der Waals surface area (Å²) in [5.74, 6) is 0. The second kappa shape index (κ2) is 7.43. The van der Waals surface area contributed by atoms with Gasteiger partial charge in [-0.1, -0.05) is 39.0 Å². The van der Waals surface area contributed by atoms with Gasteiger partial charge < -0.3 is 9.64 Å². The molecule has 26 heavy (non-hydrogen) atoms. The van der Waals surface area contributed by atoms with E-state index in [1.165, 1.54) is 5.57 Å². The number of morpholine rings is 1. The van der Waals surface area contributed by atoms with Crippen molar-refractivity contribution < 1.29 is 13.2 Å². The summed E-state index contributed by atoms with van der Waals surface area (Å²) in [7, 11) is -1.41. The Morgan fingerprint density at radius 3 is 2.42 bits per heavy atom. The molecule has 0 aliphatic carbocycles. The van der Waals surface area contributed by atoms with E-state index in [1.54, 1.807) is 16.4 Å². The van der Waals surface area contributed by atoms with E-state index in [1.807, 2.05) is 12.1 Å². The van der Waals surface area contributed by atoms with Crippen LogP contribution < -0.4 is 0 Å². The van der Waals surface area contributed by atoms with Crippen LogP contribution in [0.25, 0.3) is 0 Å². The molecule has 2 aliphatic heterocycles. The molecule has 5 nitrogen and oxygen atoms in total. The van der Waals surface area contributed by atoms with E-state index in [4.69, 9.17) is 4.74 Å². The lowest BCUT2D eigenvalue weighted by molar-refractivity contribution is 0.0158. The fourth-order valence-corrected chi connectivity index (χ4v) is 4.93. The molecule has 0 saturated carbocycles. The van der Waals surface area contributed by atoms with Gasteiger partial charge in [0.05, 0.1) is 17.6 Å². The van der Waals surface area contributed by atoms with Crippen molar-refractivity contribution in [3.05, 3.63) is 41.5 Å². The van der Waals surface area contributed by atoms with Gasteiger partial charge in [-0.25, -0.2) is 8.42 Å². The van der Waals surface area contributed by atoms with Gasteiger partial charge in [0, 0.05) is 26.2 Å². The molecule has 0 amide bonds. The average molecular weight is 379 g/mol. The Balaban J connectivity index is 1.77. The fourth-order valence-electron chi connectivity index (χ4n) is 3.50. The van der Waals surface area contributed by atoms with E-state index < -0.39 is 10.0 Å². The Morgan fingerprint density at radius 1 is 1.12 bits per heavy atom. The first-order valence-electron chi connectivity index (χ1n) is 9.28. The molecule has 1 atom stereocenters. The summed E-state index contributed by atoms with van der Waals surface area (Å²) in [6.45, 7) is 9.49. The average Bonchev–Trinajstić information content (AvgIpc) is 2.61. The lowest BCUT2D eigenvalue weighted by atomic mass is 9.87. The Morgan fingerprint density at radius 2 is 1.81 bits per heavy atom. The maximum Gasteiger partial charge on any atom is 0.243 e. The first kappa shape index (κ1) is 19.5. The lowest BCUT2D eigenvalue weighted by Crippen LogP contribution is -2.47. The van der Waals surface area contributed by atoms with E-state index in [2.05, 4.69) is 38.8 Å². The first-order valence-corrected chi connectivity index (χ1v) is 10.7. The topological polar surface area (TPSA) is 49.9 Å². The molecule has 0 bridgehead atoms. The number of hydrogen-bond acceptors (Lipinski definition) is 4. The number of nitrogens with zero attached hydrogens (tertiary/aromatic N) is 2. The van der Waals surface area contributed by atoms with Crippen molar-refractivity contribution in [2.45, 2.75) is 43.6 Å². The number of hydrogen-bond donors (Lipinski definition) is 0. The number of likely N-dealkylation sites (N-methyl/N-ethyl adjacent to an activating group) is 1. The van der Waals surface area contributed by atoms with Crippen molar-refractivity contribution in [1.29, 1.82) is 0 Å². The zero-order chi connectivity index (χ0) is 18.9. The second-order valence-electron chi connectivity index (χ2n) is 8.30. The third-order valence-electron chi connectivity index (χ3n) is 5.17. The summed E-state index contributed by atoms with van der Waals surface area (Å²) in [6.07, 6.45) is 3.06. The van der Waals surface area contributed by atoms with Crippen LogP contribution in [-0.4, -0.2) is 63.6 Å². The van der Waals surface area contributed by atoms with Crippen LogP contribution in [0.5, 0.6) is 0 Å². The summed E-state index contributed by atoms with van der Waals surface area (Å²) >= 11 is 0. The van der Waals surface area contributed by atoms with Gasteiger partial charge in [-0.15, -0.1) is 0 Å². The maximum absolute atomic E-state index is 13.1. The highest BCUT2D eigenvalue weighted by molar-refractivity contribution is 7.89. The standard InChI is InChI=1S/C20H30N2O3S/c1-20(2,3)17-7-9-18(10-8-17)26(23,24)22-12-13-25-19(15-22)16-6-5-11-21(4)14-16/h6-10,19H,5,11-15H2,1-4H3. The number of benzene rings is 1.